The number of pyridine rings is 1. The van der Waals surface area contributed by atoms with Crippen molar-refractivity contribution in [2.75, 3.05) is 0 Å². The maximum Gasteiger partial charge on any atom is 0.199 e. The van der Waals surface area contributed by atoms with Gasteiger partial charge in [0.1, 0.15) is 10.8 Å². The van der Waals surface area contributed by atoms with E-state index in [4.69, 9.17) is 0 Å². The minimum atomic E-state index is -0.370. The lowest BCUT2D eigenvalue weighted by Gasteiger charge is -2.00. The molecule has 0 radical (unpaired) electrons. The third-order valence-electron chi connectivity index (χ3n) is 3.37. The number of para-hydroxylation sites is 1. The Balaban J connectivity index is 2.00. The molecule has 0 bridgehead atoms. The van der Waals surface area contributed by atoms with Crippen LogP contribution in [0.4, 0.5) is 4.39 Å². The summed E-state index contributed by atoms with van der Waals surface area (Å²) in [6.07, 6.45) is 1.60. The van der Waals surface area contributed by atoms with Crippen LogP contribution in [0.25, 0.3) is 31.7 Å². The maximum atomic E-state index is 13.2. The zero-order chi connectivity index (χ0) is 14.4. The second-order valence-electron chi connectivity index (χ2n) is 4.71. The summed E-state index contributed by atoms with van der Waals surface area (Å²) in [7, 11) is 0. The molecule has 0 aliphatic rings. The molecule has 0 saturated carbocycles. The van der Waals surface area contributed by atoms with Gasteiger partial charge < -0.3 is 4.98 Å². The summed E-state index contributed by atoms with van der Waals surface area (Å²) in [6, 6.07) is 11.9. The Morgan fingerprint density at radius 1 is 1.14 bits per heavy atom. The summed E-state index contributed by atoms with van der Waals surface area (Å²) < 4.78 is 14.2. The largest absolute Gasteiger partial charge is 0.360 e. The molecule has 21 heavy (non-hydrogen) atoms. The zero-order valence-electron chi connectivity index (χ0n) is 10.8. The van der Waals surface area contributed by atoms with Crippen molar-refractivity contribution >= 4 is 32.5 Å². The van der Waals surface area contributed by atoms with E-state index >= 15 is 0 Å². The standard InChI is InChI=1S/C16H9FN2OS/c17-9-5-6-10-13(7-9)18-8-11(15(10)20)16-19-12-3-1-2-4-14(12)21-16/h1-8H,(H,18,20). The molecule has 4 rings (SSSR count). The Labute approximate surface area is 122 Å². The second kappa shape index (κ2) is 4.49. The Hall–Kier alpha value is -2.53. The third-order valence-corrected chi connectivity index (χ3v) is 4.44. The summed E-state index contributed by atoms with van der Waals surface area (Å²) in [5.41, 5.74) is 1.74. The van der Waals surface area contributed by atoms with Crippen molar-refractivity contribution in [3.63, 3.8) is 0 Å². The fraction of sp³-hybridized carbons (Fsp3) is 0. The van der Waals surface area contributed by atoms with E-state index < -0.39 is 0 Å². The highest BCUT2D eigenvalue weighted by molar-refractivity contribution is 7.21. The average molecular weight is 296 g/mol. The van der Waals surface area contributed by atoms with Crippen LogP contribution in [-0.2, 0) is 0 Å². The van der Waals surface area contributed by atoms with E-state index in [0.717, 1.165) is 10.2 Å². The Bertz CT molecular complexity index is 1000. The number of nitrogens with zero attached hydrogens (tertiary/aromatic N) is 1. The van der Waals surface area contributed by atoms with Crippen LogP contribution in [0.2, 0.25) is 0 Å². The van der Waals surface area contributed by atoms with Gasteiger partial charge in [-0.1, -0.05) is 12.1 Å². The lowest BCUT2D eigenvalue weighted by atomic mass is 10.1. The van der Waals surface area contributed by atoms with Crippen molar-refractivity contribution in [1.29, 1.82) is 0 Å². The van der Waals surface area contributed by atoms with Crippen LogP contribution in [-0.4, -0.2) is 9.97 Å². The smallest absolute Gasteiger partial charge is 0.199 e. The molecule has 3 nitrogen and oxygen atoms in total. The molecule has 0 aliphatic carbocycles. The van der Waals surface area contributed by atoms with Crippen LogP contribution >= 0.6 is 11.3 Å². The molecule has 0 amide bonds. The molecular weight excluding hydrogens is 287 g/mol. The summed E-state index contributed by atoms with van der Waals surface area (Å²) in [6.45, 7) is 0. The lowest BCUT2D eigenvalue weighted by molar-refractivity contribution is 0.629. The predicted octanol–water partition coefficient (Wildman–Crippen LogP) is 3.94. The number of H-pyrrole nitrogens is 1. The summed E-state index contributed by atoms with van der Waals surface area (Å²) in [5.74, 6) is -0.370. The molecule has 0 atom stereocenters. The van der Waals surface area contributed by atoms with Gasteiger partial charge in [-0.25, -0.2) is 9.37 Å². The Kier molecular flexibility index (Phi) is 2.62. The number of fused-ring (bicyclic) bond motifs is 2. The summed E-state index contributed by atoms with van der Waals surface area (Å²) >= 11 is 1.47. The van der Waals surface area contributed by atoms with Gasteiger partial charge in [0.15, 0.2) is 5.43 Å². The Morgan fingerprint density at radius 2 is 2.00 bits per heavy atom. The van der Waals surface area contributed by atoms with E-state index in [-0.39, 0.29) is 11.2 Å². The van der Waals surface area contributed by atoms with E-state index in [1.54, 1.807) is 6.20 Å². The number of hydrogen-bond acceptors (Lipinski definition) is 3. The summed E-state index contributed by atoms with van der Waals surface area (Å²) in [5, 5.41) is 1.14. The van der Waals surface area contributed by atoms with Gasteiger partial charge >= 0.3 is 0 Å². The summed E-state index contributed by atoms with van der Waals surface area (Å²) in [4.78, 5) is 20.0. The number of thiazole rings is 1. The quantitative estimate of drug-likeness (QED) is 0.578. The Morgan fingerprint density at radius 3 is 2.86 bits per heavy atom. The number of benzene rings is 2. The van der Waals surface area contributed by atoms with Crippen LogP contribution in [0.1, 0.15) is 0 Å². The predicted molar refractivity (Wildman–Crippen MR) is 83.1 cm³/mol. The highest BCUT2D eigenvalue weighted by Crippen LogP contribution is 2.28. The van der Waals surface area contributed by atoms with Crippen LogP contribution in [0.5, 0.6) is 0 Å². The monoisotopic (exact) mass is 296 g/mol. The molecule has 0 unspecified atom stereocenters. The fourth-order valence-corrected chi connectivity index (χ4v) is 3.32. The minimum absolute atomic E-state index is 0.136. The number of rotatable bonds is 1. The topological polar surface area (TPSA) is 45.8 Å². The van der Waals surface area contributed by atoms with E-state index in [1.807, 2.05) is 24.3 Å². The minimum Gasteiger partial charge on any atom is -0.360 e. The molecule has 5 heteroatoms. The number of halogens is 1. The van der Waals surface area contributed by atoms with Gasteiger partial charge in [0.25, 0.3) is 0 Å². The SMILES string of the molecule is O=c1c(-c2nc3ccccc3s2)c[nH]c2cc(F)ccc12. The molecular formula is C16H9FN2OS. The van der Waals surface area contributed by atoms with Crippen LogP contribution in [0.3, 0.4) is 0 Å². The fourth-order valence-electron chi connectivity index (χ4n) is 2.34. The van der Waals surface area contributed by atoms with E-state index in [0.29, 0.717) is 21.5 Å². The van der Waals surface area contributed by atoms with E-state index in [9.17, 15) is 9.18 Å². The van der Waals surface area contributed by atoms with Crippen LogP contribution in [0.15, 0.2) is 53.5 Å². The van der Waals surface area contributed by atoms with Gasteiger partial charge in [-0.05, 0) is 30.3 Å². The molecule has 2 heterocycles. The van der Waals surface area contributed by atoms with Crippen molar-refractivity contribution in [2.45, 2.75) is 0 Å². The molecule has 0 saturated heterocycles. The maximum absolute atomic E-state index is 13.2. The normalized spacial score (nSPS) is 11.3. The molecule has 2 aromatic carbocycles. The molecule has 0 fully saturated rings. The van der Waals surface area contributed by atoms with Gasteiger partial charge in [0.2, 0.25) is 0 Å². The first-order valence-corrected chi connectivity index (χ1v) is 7.21. The van der Waals surface area contributed by atoms with E-state index in [1.165, 1.54) is 29.5 Å². The van der Waals surface area contributed by atoms with Gasteiger partial charge in [-0.15, -0.1) is 11.3 Å². The number of hydrogen-bond donors (Lipinski definition) is 1. The van der Waals surface area contributed by atoms with Crippen LogP contribution in [0, 0.1) is 5.82 Å². The zero-order valence-corrected chi connectivity index (χ0v) is 11.6. The number of nitrogens with one attached hydrogen (secondary N) is 1. The first-order valence-electron chi connectivity index (χ1n) is 6.39. The van der Waals surface area contributed by atoms with Crippen molar-refractivity contribution in [2.24, 2.45) is 0 Å². The second-order valence-corrected chi connectivity index (χ2v) is 5.74. The van der Waals surface area contributed by atoms with Crippen molar-refractivity contribution < 1.29 is 4.39 Å². The average Bonchev–Trinajstić information content (AvgIpc) is 2.91. The van der Waals surface area contributed by atoms with Gasteiger partial charge in [-0.2, -0.15) is 0 Å². The molecule has 0 spiro atoms. The number of aromatic amines is 1. The van der Waals surface area contributed by atoms with Crippen LogP contribution < -0.4 is 5.43 Å². The van der Waals surface area contributed by atoms with Crippen molar-refractivity contribution in [3.05, 3.63) is 64.7 Å². The molecule has 4 aromatic rings. The molecule has 1 N–H and O–H groups in total. The molecule has 0 aliphatic heterocycles. The van der Waals surface area contributed by atoms with Gasteiger partial charge in [0.05, 0.1) is 21.3 Å². The lowest BCUT2D eigenvalue weighted by Crippen LogP contribution is -2.06. The first-order chi connectivity index (χ1) is 10.2. The highest BCUT2D eigenvalue weighted by atomic mass is 32.1. The van der Waals surface area contributed by atoms with Crippen molar-refractivity contribution in [1.82, 2.24) is 9.97 Å². The van der Waals surface area contributed by atoms with Gasteiger partial charge in [-0.3, -0.25) is 4.79 Å². The van der Waals surface area contributed by atoms with Gasteiger partial charge in [0, 0.05) is 11.6 Å². The van der Waals surface area contributed by atoms with Crippen molar-refractivity contribution in [3.8, 4) is 10.6 Å². The number of aromatic nitrogens is 2. The third kappa shape index (κ3) is 1.94. The van der Waals surface area contributed by atoms with E-state index in [2.05, 4.69) is 9.97 Å². The highest BCUT2D eigenvalue weighted by Gasteiger charge is 2.12. The molecule has 2 aromatic heterocycles. The molecule has 102 valence electrons. The first kappa shape index (κ1) is 12.2.